The monoisotopic (exact) mass is 201 g/mol. The van der Waals surface area contributed by atoms with Crippen LogP contribution in [0.5, 0.6) is 0 Å². The maximum atomic E-state index is 13.6. The van der Waals surface area contributed by atoms with Gasteiger partial charge in [-0.05, 0) is 32.4 Å². The molecule has 3 heteroatoms. The summed E-state index contributed by atoms with van der Waals surface area (Å²) in [6.07, 6.45) is 0. The third-order valence-corrected chi connectivity index (χ3v) is 2.24. The third kappa shape index (κ3) is 2.01. The molecule has 0 fully saturated rings. The van der Waals surface area contributed by atoms with E-state index in [0.29, 0.717) is 16.1 Å². The molecule has 0 aliphatic carbocycles. The highest BCUT2D eigenvalue weighted by Gasteiger charge is 2.23. The van der Waals surface area contributed by atoms with Crippen LogP contribution in [0.15, 0.2) is 12.1 Å². The minimum absolute atomic E-state index is 0.306. The molecule has 0 aliphatic heterocycles. The van der Waals surface area contributed by atoms with Crippen LogP contribution >= 0.6 is 11.6 Å². The van der Waals surface area contributed by atoms with Gasteiger partial charge in [0.1, 0.15) is 5.82 Å². The van der Waals surface area contributed by atoms with Crippen molar-refractivity contribution < 1.29 is 4.39 Å². The van der Waals surface area contributed by atoms with E-state index in [1.807, 2.05) is 0 Å². The van der Waals surface area contributed by atoms with Crippen molar-refractivity contribution in [1.29, 1.82) is 0 Å². The number of halogens is 2. The first-order chi connectivity index (χ1) is 5.84. The summed E-state index contributed by atoms with van der Waals surface area (Å²) in [7, 11) is 0. The second-order valence-electron chi connectivity index (χ2n) is 3.77. The summed E-state index contributed by atoms with van der Waals surface area (Å²) in [5.74, 6) is -0.306. The lowest BCUT2D eigenvalue weighted by atomic mass is 9.93. The lowest BCUT2D eigenvalue weighted by molar-refractivity contribution is 0.498. The number of rotatable bonds is 1. The van der Waals surface area contributed by atoms with Gasteiger partial charge < -0.3 is 5.73 Å². The normalized spacial score (nSPS) is 11.8. The van der Waals surface area contributed by atoms with Gasteiger partial charge in [-0.25, -0.2) is 4.39 Å². The molecule has 0 atom stereocenters. The zero-order chi connectivity index (χ0) is 10.2. The summed E-state index contributed by atoms with van der Waals surface area (Å²) in [5, 5.41) is 0.385. The molecule has 0 saturated carbocycles. The molecule has 0 unspecified atom stereocenters. The first-order valence-electron chi connectivity index (χ1n) is 4.08. The molecule has 0 bridgehead atoms. The predicted octanol–water partition coefficient (Wildman–Crippen LogP) is 2.98. The van der Waals surface area contributed by atoms with Gasteiger partial charge in [0.15, 0.2) is 0 Å². The van der Waals surface area contributed by atoms with Crippen LogP contribution in [0.25, 0.3) is 0 Å². The van der Waals surface area contributed by atoms with Crippen molar-refractivity contribution in [2.45, 2.75) is 26.3 Å². The van der Waals surface area contributed by atoms with E-state index >= 15 is 0 Å². The second kappa shape index (κ2) is 3.28. The largest absolute Gasteiger partial charge is 0.322 e. The smallest absolute Gasteiger partial charge is 0.132 e. The van der Waals surface area contributed by atoms with Crippen molar-refractivity contribution in [2.75, 3.05) is 0 Å². The number of hydrogen-bond donors (Lipinski definition) is 1. The summed E-state index contributed by atoms with van der Waals surface area (Å²) in [5.41, 5.74) is 6.01. The maximum absolute atomic E-state index is 13.6. The Kier molecular flexibility index (Phi) is 2.64. The molecule has 13 heavy (non-hydrogen) atoms. The average molecular weight is 202 g/mol. The van der Waals surface area contributed by atoms with E-state index in [-0.39, 0.29) is 5.82 Å². The van der Waals surface area contributed by atoms with Crippen LogP contribution in [0.1, 0.15) is 25.0 Å². The summed E-state index contributed by atoms with van der Waals surface area (Å²) < 4.78 is 13.6. The van der Waals surface area contributed by atoms with Crippen LogP contribution < -0.4 is 5.73 Å². The molecular weight excluding hydrogens is 189 g/mol. The highest BCUT2D eigenvalue weighted by molar-refractivity contribution is 6.31. The summed E-state index contributed by atoms with van der Waals surface area (Å²) in [6.45, 7) is 5.16. The van der Waals surface area contributed by atoms with Crippen molar-refractivity contribution in [1.82, 2.24) is 0 Å². The molecule has 1 aromatic carbocycles. The number of hydrogen-bond acceptors (Lipinski definition) is 1. The first-order valence-corrected chi connectivity index (χ1v) is 4.46. The molecule has 1 aromatic rings. The van der Waals surface area contributed by atoms with Gasteiger partial charge in [-0.2, -0.15) is 0 Å². The van der Waals surface area contributed by atoms with Crippen LogP contribution in [-0.2, 0) is 5.54 Å². The van der Waals surface area contributed by atoms with Crippen LogP contribution in [0.2, 0.25) is 5.02 Å². The zero-order valence-corrected chi connectivity index (χ0v) is 8.74. The average Bonchev–Trinajstić information content (AvgIpc) is 1.95. The van der Waals surface area contributed by atoms with Crippen LogP contribution in [0.4, 0.5) is 4.39 Å². The molecule has 0 spiro atoms. The van der Waals surface area contributed by atoms with E-state index in [2.05, 4.69) is 0 Å². The molecule has 1 nitrogen and oxygen atoms in total. The minimum Gasteiger partial charge on any atom is -0.322 e. The van der Waals surface area contributed by atoms with E-state index in [1.165, 1.54) is 0 Å². The quantitative estimate of drug-likeness (QED) is 0.743. The fourth-order valence-corrected chi connectivity index (χ4v) is 1.64. The highest BCUT2D eigenvalue weighted by Crippen LogP contribution is 2.29. The fourth-order valence-electron chi connectivity index (χ4n) is 1.25. The number of nitrogens with two attached hydrogens (primary N) is 1. The molecule has 0 aliphatic rings. The molecular formula is C10H13ClFN. The van der Waals surface area contributed by atoms with Gasteiger partial charge in [0.2, 0.25) is 0 Å². The van der Waals surface area contributed by atoms with Crippen molar-refractivity contribution in [3.8, 4) is 0 Å². The summed E-state index contributed by atoms with van der Waals surface area (Å²) in [6, 6.07) is 3.32. The lowest BCUT2D eigenvalue weighted by Crippen LogP contribution is -2.30. The van der Waals surface area contributed by atoms with E-state index < -0.39 is 5.54 Å². The molecule has 72 valence electrons. The van der Waals surface area contributed by atoms with Gasteiger partial charge in [-0.15, -0.1) is 0 Å². The van der Waals surface area contributed by atoms with Gasteiger partial charge in [0.05, 0.1) is 0 Å². The first kappa shape index (κ1) is 10.5. The third-order valence-electron chi connectivity index (χ3n) is 1.93. The minimum atomic E-state index is -0.743. The Hall–Kier alpha value is -0.600. The van der Waals surface area contributed by atoms with Crippen molar-refractivity contribution in [3.63, 3.8) is 0 Å². The van der Waals surface area contributed by atoms with Gasteiger partial charge in [-0.3, -0.25) is 0 Å². The van der Waals surface area contributed by atoms with Crippen LogP contribution in [0.3, 0.4) is 0 Å². The van der Waals surface area contributed by atoms with Gasteiger partial charge in [0, 0.05) is 16.1 Å². The molecule has 0 amide bonds. The number of aryl methyl sites for hydroxylation is 1. The Morgan fingerprint density at radius 3 is 2.31 bits per heavy atom. The van der Waals surface area contributed by atoms with Crippen molar-refractivity contribution in [2.24, 2.45) is 5.73 Å². The Bertz CT molecular complexity index is 328. The Labute approximate surface area is 82.7 Å². The Morgan fingerprint density at radius 1 is 1.38 bits per heavy atom. The van der Waals surface area contributed by atoms with Crippen LogP contribution in [-0.4, -0.2) is 0 Å². The molecule has 0 radical (unpaired) electrons. The fraction of sp³-hybridized carbons (Fsp3) is 0.400. The maximum Gasteiger partial charge on any atom is 0.132 e. The molecule has 2 N–H and O–H groups in total. The van der Waals surface area contributed by atoms with E-state index in [0.717, 1.165) is 0 Å². The second-order valence-corrected chi connectivity index (χ2v) is 4.18. The summed E-state index contributed by atoms with van der Waals surface area (Å²) in [4.78, 5) is 0. The van der Waals surface area contributed by atoms with Crippen molar-refractivity contribution >= 4 is 11.6 Å². The summed E-state index contributed by atoms with van der Waals surface area (Å²) >= 11 is 5.87. The topological polar surface area (TPSA) is 26.0 Å². The number of benzene rings is 1. The molecule has 0 heterocycles. The van der Waals surface area contributed by atoms with Gasteiger partial charge >= 0.3 is 0 Å². The van der Waals surface area contributed by atoms with Gasteiger partial charge in [-0.1, -0.05) is 17.7 Å². The Balaban J connectivity index is 3.43. The van der Waals surface area contributed by atoms with Crippen LogP contribution in [0, 0.1) is 12.7 Å². The predicted molar refractivity (Wildman–Crippen MR) is 53.4 cm³/mol. The molecule has 0 saturated heterocycles. The van der Waals surface area contributed by atoms with E-state index in [4.69, 9.17) is 17.3 Å². The standard InChI is InChI=1S/C10H13ClFN/c1-6-4-5-7(11)8(9(6)12)10(2,3)13/h4-5H,13H2,1-3H3. The zero-order valence-electron chi connectivity index (χ0n) is 7.99. The van der Waals surface area contributed by atoms with Crippen molar-refractivity contribution in [3.05, 3.63) is 34.1 Å². The lowest BCUT2D eigenvalue weighted by Gasteiger charge is -2.22. The van der Waals surface area contributed by atoms with E-state index in [1.54, 1.807) is 32.9 Å². The molecule has 0 aromatic heterocycles. The highest BCUT2D eigenvalue weighted by atomic mass is 35.5. The Morgan fingerprint density at radius 2 is 1.92 bits per heavy atom. The van der Waals surface area contributed by atoms with E-state index in [9.17, 15) is 4.39 Å². The van der Waals surface area contributed by atoms with Gasteiger partial charge in [0.25, 0.3) is 0 Å². The molecule has 1 rings (SSSR count). The SMILES string of the molecule is Cc1ccc(Cl)c(C(C)(C)N)c1F.